The average Bonchev–Trinajstić information content (AvgIpc) is 2.33. The Morgan fingerprint density at radius 2 is 2.00 bits per heavy atom. The third-order valence-corrected chi connectivity index (χ3v) is 3.50. The summed E-state index contributed by atoms with van der Waals surface area (Å²) in [4.78, 5) is 0. The first kappa shape index (κ1) is 12.7. The molecule has 1 aliphatic heterocycles. The van der Waals surface area contributed by atoms with Crippen LogP contribution in [0, 0.1) is 0 Å². The molecule has 0 aromatic heterocycles. The lowest BCUT2D eigenvalue weighted by atomic mass is 10.0. The first-order valence-corrected chi connectivity index (χ1v) is 6.71. The number of rotatable bonds is 3. The van der Waals surface area contributed by atoms with Crippen molar-refractivity contribution in [3.8, 4) is 5.75 Å². The van der Waals surface area contributed by atoms with E-state index in [0.29, 0.717) is 12.0 Å². The molecule has 2 nitrogen and oxygen atoms in total. The summed E-state index contributed by atoms with van der Waals surface area (Å²) in [6, 6.07) is 6.12. The number of hydrogen-bond donors (Lipinski definition) is 1. The maximum Gasteiger partial charge on any atom is 0.138 e. The summed E-state index contributed by atoms with van der Waals surface area (Å²) in [5, 5.41) is 4.06. The Hall–Kier alpha value is -0.730. The lowest BCUT2D eigenvalue weighted by Gasteiger charge is -2.24. The van der Waals surface area contributed by atoms with E-state index < -0.39 is 0 Å². The standard InChI is InChI=1S/C14H20ClNO/c1-10(2)11-3-4-14(13(15)9-11)17-12-5-7-16-8-6-12/h3-4,9-10,12,16H,5-8H2,1-2H3. The van der Waals surface area contributed by atoms with Crippen LogP contribution in [0.4, 0.5) is 0 Å². The molecule has 94 valence electrons. The van der Waals surface area contributed by atoms with Gasteiger partial charge in [-0.05, 0) is 49.5 Å². The lowest BCUT2D eigenvalue weighted by Crippen LogP contribution is -2.34. The Morgan fingerprint density at radius 1 is 1.29 bits per heavy atom. The van der Waals surface area contributed by atoms with Gasteiger partial charge in [-0.1, -0.05) is 31.5 Å². The molecular formula is C14H20ClNO. The molecule has 0 bridgehead atoms. The molecule has 0 atom stereocenters. The van der Waals surface area contributed by atoms with E-state index in [4.69, 9.17) is 16.3 Å². The van der Waals surface area contributed by atoms with E-state index in [1.165, 1.54) is 5.56 Å². The molecule has 0 radical (unpaired) electrons. The molecule has 1 saturated heterocycles. The van der Waals surface area contributed by atoms with Crippen molar-refractivity contribution in [2.45, 2.75) is 38.7 Å². The van der Waals surface area contributed by atoms with Crippen molar-refractivity contribution < 1.29 is 4.74 Å². The number of nitrogens with one attached hydrogen (secondary N) is 1. The van der Waals surface area contributed by atoms with Crippen molar-refractivity contribution in [2.24, 2.45) is 0 Å². The lowest BCUT2D eigenvalue weighted by molar-refractivity contribution is 0.162. The minimum absolute atomic E-state index is 0.304. The molecule has 2 rings (SSSR count). The van der Waals surface area contributed by atoms with E-state index in [0.717, 1.165) is 36.7 Å². The maximum atomic E-state index is 6.25. The molecule has 0 spiro atoms. The van der Waals surface area contributed by atoms with Crippen LogP contribution < -0.4 is 10.1 Å². The van der Waals surface area contributed by atoms with Crippen LogP contribution in [0.15, 0.2) is 18.2 Å². The molecule has 0 aliphatic carbocycles. The predicted octanol–water partition coefficient (Wildman–Crippen LogP) is 3.59. The van der Waals surface area contributed by atoms with E-state index in [1.807, 2.05) is 12.1 Å². The van der Waals surface area contributed by atoms with Gasteiger partial charge in [0.2, 0.25) is 0 Å². The summed E-state index contributed by atoms with van der Waals surface area (Å²) in [5.41, 5.74) is 1.26. The third-order valence-electron chi connectivity index (χ3n) is 3.20. The molecule has 17 heavy (non-hydrogen) atoms. The van der Waals surface area contributed by atoms with Gasteiger partial charge >= 0.3 is 0 Å². The fraction of sp³-hybridized carbons (Fsp3) is 0.571. The first-order valence-electron chi connectivity index (χ1n) is 6.33. The molecular weight excluding hydrogens is 234 g/mol. The molecule has 1 aliphatic rings. The zero-order valence-corrected chi connectivity index (χ0v) is 11.3. The highest BCUT2D eigenvalue weighted by molar-refractivity contribution is 6.32. The Labute approximate surface area is 108 Å². The van der Waals surface area contributed by atoms with Gasteiger partial charge in [-0.15, -0.1) is 0 Å². The summed E-state index contributed by atoms with van der Waals surface area (Å²) in [6.07, 6.45) is 2.42. The molecule has 1 N–H and O–H groups in total. The monoisotopic (exact) mass is 253 g/mol. The van der Waals surface area contributed by atoms with Gasteiger partial charge in [0.25, 0.3) is 0 Å². The van der Waals surface area contributed by atoms with Crippen molar-refractivity contribution in [1.29, 1.82) is 0 Å². The Kier molecular flexibility index (Phi) is 4.30. The third kappa shape index (κ3) is 3.36. The van der Waals surface area contributed by atoms with Crippen LogP contribution >= 0.6 is 11.6 Å². The predicted molar refractivity (Wildman–Crippen MR) is 72.1 cm³/mol. The minimum atomic E-state index is 0.304. The second-order valence-corrected chi connectivity index (χ2v) is 5.32. The molecule has 0 amide bonds. The van der Waals surface area contributed by atoms with Gasteiger partial charge in [0.15, 0.2) is 0 Å². The molecule has 1 fully saturated rings. The highest BCUT2D eigenvalue weighted by atomic mass is 35.5. The fourth-order valence-electron chi connectivity index (χ4n) is 2.06. The SMILES string of the molecule is CC(C)c1ccc(OC2CCNCC2)c(Cl)c1. The fourth-order valence-corrected chi connectivity index (χ4v) is 2.30. The van der Waals surface area contributed by atoms with E-state index in [9.17, 15) is 0 Å². The molecule has 1 aromatic carbocycles. The van der Waals surface area contributed by atoms with Gasteiger partial charge in [-0.3, -0.25) is 0 Å². The second-order valence-electron chi connectivity index (χ2n) is 4.91. The summed E-state index contributed by atoms with van der Waals surface area (Å²) < 4.78 is 5.95. The number of piperidine rings is 1. The van der Waals surface area contributed by atoms with Crippen LogP contribution in [0.25, 0.3) is 0 Å². The number of ether oxygens (including phenoxy) is 1. The topological polar surface area (TPSA) is 21.3 Å². The van der Waals surface area contributed by atoms with Crippen molar-refractivity contribution >= 4 is 11.6 Å². The first-order chi connectivity index (χ1) is 8.16. The van der Waals surface area contributed by atoms with Crippen molar-refractivity contribution in [2.75, 3.05) is 13.1 Å². The quantitative estimate of drug-likeness (QED) is 0.889. The second kappa shape index (κ2) is 5.74. The van der Waals surface area contributed by atoms with E-state index in [-0.39, 0.29) is 0 Å². The highest BCUT2D eigenvalue weighted by Crippen LogP contribution is 2.30. The maximum absolute atomic E-state index is 6.25. The normalized spacial score (nSPS) is 17.4. The summed E-state index contributed by atoms with van der Waals surface area (Å²) in [5.74, 6) is 1.32. The smallest absolute Gasteiger partial charge is 0.138 e. The molecule has 0 unspecified atom stereocenters. The van der Waals surface area contributed by atoms with E-state index >= 15 is 0 Å². The van der Waals surface area contributed by atoms with Crippen LogP contribution in [-0.2, 0) is 0 Å². The minimum Gasteiger partial charge on any atom is -0.489 e. The Balaban J connectivity index is 2.05. The van der Waals surface area contributed by atoms with Crippen LogP contribution in [0.3, 0.4) is 0 Å². The molecule has 1 aromatic rings. The van der Waals surface area contributed by atoms with Crippen LogP contribution in [0.1, 0.15) is 38.2 Å². The Bertz CT molecular complexity index is 372. The zero-order chi connectivity index (χ0) is 12.3. The van der Waals surface area contributed by atoms with E-state index in [2.05, 4.69) is 25.2 Å². The van der Waals surface area contributed by atoms with Crippen LogP contribution in [0.5, 0.6) is 5.75 Å². The number of hydrogen-bond acceptors (Lipinski definition) is 2. The van der Waals surface area contributed by atoms with Gasteiger partial charge < -0.3 is 10.1 Å². The number of benzene rings is 1. The van der Waals surface area contributed by atoms with Gasteiger partial charge in [0.05, 0.1) is 5.02 Å². The van der Waals surface area contributed by atoms with Gasteiger partial charge in [0.1, 0.15) is 11.9 Å². The number of halogens is 1. The van der Waals surface area contributed by atoms with Gasteiger partial charge in [-0.25, -0.2) is 0 Å². The van der Waals surface area contributed by atoms with Crippen molar-refractivity contribution in [3.63, 3.8) is 0 Å². The summed E-state index contributed by atoms with van der Waals surface area (Å²) in [7, 11) is 0. The summed E-state index contributed by atoms with van der Waals surface area (Å²) >= 11 is 6.25. The van der Waals surface area contributed by atoms with Crippen molar-refractivity contribution in [1.82, 2.24) is 5.32 Å². The Morgan fingerprint density at radius 3 is 2.59 bits per heavy atom. The molecule has 1 heterocycles. The zero-order valence-electron chi connectivity index (χ0n) is 10.5. The van der Waals surface area contributed by atoms with Crippen molar-refractivity contribution in [3.05, 3.63) is 28.8 Å². The van der Waals surface area contributed by atoms with E-state index in [1.54, 1.807) is 0 Å². The van der Waals surface area contributed by atoms with Gasteiger partial charge in [-0.2, -0.15) is 0 Å². The molecule has 0 saturated carbocycles. The molecule has 3 heteroatoms. The average molecular weight is 254 g/mol. The van der Waals surface area contributed by atoms with Crippen LogP contribution in [-0.4, -0.2) is 19.2 Å². The highest BCUT2D eigenvalue weighted by Gasteiger charge is 2.16. The summed E-state index contributed by atoms with van der Waals surface area (Å²) in [6.45, 7) is 6.40. The largest absolute Gasteiger partial charge is 0.489 e. The van der Waals surface area contributed by atoms with Gasteiger partial charge in [0, 0.05) is 0 Å². The van der Waals surface area contributed by atoms with Crippen LogP contribution in [0.2, 0.25) is 5.02 Å².